The molecule has 0 aromatic carbocycles. The fraction of sp³-hybridized carbons (Fsp3) is 0.467. The van der Waals surface area contributed by atoms with Crippen LogP contribution in [-0.2, 0) is 6.54 Å². The number of nitrogens with zero attached hydrogens (tertiary/aromatic N) is 5. The van der Waals surface area contributed by atoms with Crippen LogP contribution in [0.2, 0.25) is 0 Å². The van der Waals surface area contributed by atoms with Crippen molar-refractivity contribution in [3.63, 3.8) is 0 Å². The van der Waals surface area contributed by atoms with Crippen LogP contribution in [-0.4, -0.2) is 56.5 Å². The van der Waals surface area contributed by atoms with Crippen molar-refractivity contribution in [2.24, 2.45) is 5.92 Å². The van der Waals surface area contributed by atoms with E-state index in [0.29, 0.717) is 25.3 Å². The SMILES string of the molecule is CCn1nccc1C(=O)N[C@@H]1CN(c2ccncn2)C[C@H]1CO. The van der Waals surface area contributed by atoms with E-state index < -0.39 is 0 Å². The summed E-state index contributed by atoms with van der Waals surface area (Å²) in [4.78, 5) is 22.6. The summed E-state index contributed by atoms with van der Waals surface area (Å²) in [5.74, 6) is 0.595. The maximum absolute atomic E-state index is 12.4. The van der Waals surface area contributed by atoms with E-state index in [4.69, 9.17) is 0 Å². The molecule has 0 saturated carbocycles. The molecule has 1 fully saturated rings. The molecule has 0 unspecified atom stereocenters. The van der Waals surface area contributed by atoms with Gasteiger partial charge in [-0.25, -0.2) is 9.97 Å². The maximum Gasteiger partial charge on any atom is 0.269 e. The van der Waals surface area contributed by atoms with Crippen LogP contribution in [0.5, 0.6) is 0 Å². The van der Waals surface area contributed by atoms with E-state index in [1.165, 1.54) is 6.33 Å². The molecular weight excluding hydrogens is 296 g/mol. The predicted molar refractivity (Wildman–Crippen MR) is 84.0 cm³/mol. The third-order valence-corrected chi connectivity index (χ3v) is 4.13. The Morgan fingerprint density at radius 2 is 2.26 bits per heavy atom. The van der Waals surface area contributed by atoms with E-state index in [2.05, 4.69) is 20.4 Å². The normalized spacial score (nSPS) is 20.7. The molecule has 0 aliphatic carbocycles. The van der Waals surface area contributed by atoms with Crippen LogP contribution in [0.1, 0.15) is 17.4 Å². The summed E-state index contributed by atoms with van der Waals surface area (Å²) in [6.45, 7) is 3.84. The first-order valence-corrected chi connectivity index (χ1v) is 7.67. The largest absolute Gasteiger partial charge is 0.396 e. The number of nitrogens with one attached hydrogen (secondary N) is 1. The highest BCUT2D eigenvalue weighted by Gasteiger charge is 2.34. The number of carbonyl (C=O) groups is 1. The summed E-state index contributed by atoms with van der Waals surface area (Å²) in [5, 5.41) is 16.7. The molecule has 23 heavy (non-hydrogen) atoms. The fourth-order valence-corrected chi connectivity index (χ4v) is 2.90. The van der Waals surface area contributed by atoms with Crippen molar-refractivity contribution in [1.29, 1.82) is 0 Å². The molecule has 2 atom stereocenters. The summed E-state index contributed by atoms with van der Waals surface area (Å²) in [6, 6.07) is 3.39. The maximum atomic E-state index is 12.4. The summed E-state index contributed by atoms with van der Waals surface area (Å²) in [7, 11) is 0. The van der Waals surface area contributed by atoms with Gasteiger partial charge in [-0.3, -0.25) is 9.48 Å². The third kappa shape index (κ3) is 3.16. The van der Waals surface area contributed by atoms with Crippen LogP contribution in [0.15, 0.2) is 30.9 Å². The van der Waals surface area contributed by atoms with Crippen molar-refractivity contribution in [2.75, 3.05) is 24.6 Å². The average molecular weight is 316 g/mol. The highest BCUT2D eigenvalue weighted by Crippen LogP contribution is 2.22. The van der Waals surface area contributed by atoms with Gasteiger partial charge in [0.1, 0.15) is 17.8 Å². The number of aromatic nitrogens is 4. The molecule has 1 amide bonds. The Kier molecular flexibility index (Phi) is 4.52. The summed E-state index contributed by atoms with van der Waals surface area (Å²) in [5.41, 5.74) is 0.532. The second-order valence-electron chi connectivity index (χ2n) is 5.53. The van der Waals surface area contributed by atoms with E-state index in [9.17, 15) is 9.90 Å². The van der Waals surface area contributed by atoms with E-state index >= 15 is 0 Å². The van der Waals surface area contributed by atoms with E-state index in [-0.39, 0.29) is 24.5 Å². The minimum absolute atomic E-state index is 0.0135. The Morgan fingerprint density at radius 3 is 2.96 bits per heavy atom. The molecule has 8 nitrogen and oxygen atoms in total. The molecule has 1 aliphatic heterocycles. The molecule has 3 heterocycles. The Morgan fingerprint density at radius 1 is 1.39 bits per heavy atom. The van der Waals surface area contributed by atoms with Crippen molar-refractivity contribution >= 4 is 11.7 Å². The average Bonchev–Trinajstić information content (AvgIpc) is 3.22. The molecule has 1 saturated heterocycles. The molecular formula is C15H20N6O2. The zero-order valence-corrected chi connectivity index (χ0v) is 13.0. The van der Waals surface area contributed by atoms with Gasteiger partial charge in [0.15, 0.2) is 0 Å². The van der Waals surface area contributed by atoms with Gasteiger partial charge >= 0.3 is 0 Å². The summed E-state index contributed by atoms with van der Waals surface area (Å²) in [6.07, 6.45) is 4.79. The molecule has 1 aliphatic rings. The van der Waals surface area contributed by atoms with Crippen LogP contribution in [0.25, 0.3) is 0 Å². The summed E-state index contributed by atoms with van der Waals surface area (Å²) < 4.78 is 1.65. The molecule has 2 aromatic heterocycles. The molecule has 2 aromatic rings. The zero-order valence-electron chi connectivity index (χ0n) is 13.0. The van der Waals surface area contributed by atoms with Crippen LogP contribution in [0.4, 0.5) is 5.82 Å². The minimum atomic E-state index is -0.169. The second-order valence-corrected chi connectivity index (χ2v) is 5.53. The number of aryl methyl sites for hydroxylation is 1. The van der Waals surface area contributed by atoms with Gasteiger partial charge < -0.3 is 15.3 Å². The molecule has 0 radical (unpaired) electrons. The number of rotatable bonds is 5. The zero-order chi connectivity index (χ0) is 16.2. The third-order valence-electron chi connectivity index (χ3n) is 4.13. The van der Waals surface area contributed by atoms with Crippen molar-refractivity contribution < 1.29 is 9.90 Å². The summed E-state index contributed by atoms with van der Waals surface area (Å²) >= 11 is 0. The van der Waals surface area contributed by atoms with Crippen molar-refractivity contribution in [2.45, 2.75) is 19.5 Å². The lowest BCUT2D eigenvalue weighted by Crippen LogP contribution is -2.42. The number of aliphatic hydroxyl groups excluding tert-OH is 1. The molecule has 0 bridgehead atoms. The number of amides is 1. The van der Waals surface area contributed by atoms with E-state index in [1.807, 2.05) is 17.9 Å². The Hall–Kier alpha value is -2.48. The first kappa shape index (κ1) is 15.4. The lowest BCUT2D eigenvalue weighted by Gasteiger charge is -2.18. The second kappa shape index (κ2) is 6.74. The highest BCUT2D eigenvalue weighted by molar-refractivity contribution is 5.92. The van der Waals surface area contributed by atoms with Gasteiger partial charge in [0.2, 0.25) is 0 Å². The van der Waals surface area contributed by atoms with Crippen LogP contribution in [0.3, 0.4) is 0 Å². The highest BCUT2D eigenvalue weighted by atomic mass is 16.3. The van der Waals surface area contributed by atoms with Crippen LogP contribution < -0.4 is 10.2 Å². The number of anilines is 1. The lowest BCUT2D eigenvalue weighted by molar-refractivity contribution is 0.0911. The quantitative estimate of drug-likeness (QED) is 0.801. The van der Waals surface area contributed by atoms with Crippen molar-refractivity contribution in [3.8, 4) is 0 Å². The molecule has 122 valence electrons. The fourth-order valence-electron chi connectivity index (χ4n) is 2.90. The Bertz CT molecular complexity index is 659. The Balaban J connectivity index is 1.71. The van der Waals surface area contributed by atoms with Gasteiger partial charge in [0.25, 0.3) is 5.91 Å². The van der Waals surface area contributed by atoms with E-state index in [0.717, 1.165) is 5.82 Å². The minimum Gasteiger partial charge on any atom is -0.396 e. The first-order valence-electron chi connectivity index (χ1n) is 7.67. The number of aliphatic hydroxyl groups is 1. The lowest BCUT2D eigenvalue weighted by atomic mass is 10.1. The van der Waals surface area contributed by atoms with Gasteiger partial charge in [-0.1, -0.05) is 0 Å². The van der Waals surface area contributed by atoms with Gasteiger partial charge in [-0.05, 0) is 19.1 Å². The standard InChI is InChI=1S/C15H20N6O2/c1-2-21-13(3-6-18-21)15(23)19-12-8-20(7-11(12)9-22)14-4-5-16-10-17-14/h3-6,10-12,22H,2,7-9H2,1H3,(H,19,23)/t11-,12+/m0/s1. The molecule has 2 N–H and O–H groups in total. The van der Waals surface area contributed by atoms with Gasteiger partial charge in [0, 0.05) is 44.6 Å². The molecule has 3 rings (SSSR count). The van der Waals surface area contributed by atoms with Gasteiger partial charge in [0.05, 0.1) is 6.04 Å². The molecule has 8 heteroatoms. The van der Waals surface area contributed by atoms with Gasteiger partial charge in [-0.15, -0.1) is 0 Å². The van der Waals surface area contributed by atoms with Crippen molar-refractivity contribution in [3.05, 3.63) is 36.5 Å². The molecule has 0 spiro atoms. The monoisotopic (exact) mass is 316 g/mol. The van der Waals surface area contributed by atoms with Crippen LogP contribution >= 0.6 is 0 Å². The van der Waals surface area contributed by atoms with Crippen LogP contribution in [0, 0.1) is 5.92 Å². The number of hydrogen-bond acceptors (Lipinski definition) is 6. The topological polar surface area (TPSA) is 96.2 Å². The number of hydrogen-bond donors (Lipinski definition) is 2. The van der Waals surface area contributed by atoms with E-state index in [1.54, 1.807) is 23.1 Å². The smallest absolute Gasteiger partial charge is 0.269 e. The predicted octanol–water partition coefficient (Wildman–Crippen LogP) is -0.0799. The Labute approximate surface area is 134 Å². The number of carbonyl (C=O) groups excluding carboxylic acids is 1. The first-order chi connectivity index (χ1) is 11.2. The van der Waals surface area contributed by atoms with Crippen molar-refractivity contribution in [1.82, 2.24) is 25.1 Å². The van der Waals surface area contributed by atoms with Gasteiger partial charge in [-0.2, -0.15) is 5.10 Å².